The number of nitrogens with one attached hydrogen (secondary N) is 1. The molecule has 0 saturated heterocycles. The zero-order valence-corrected chi connectivity index (χ0v) is 10.3. The van der Waals surface area contributed by atoms with Crippen molar-refractivity contribution in [3.05, 3.63) is 28.8 Å². The molecule has 0 spiro atoms. The highest BCUT2D eigenvalue weighted by Gasteiger charge is 2.06. The van der Waals surface area contributed by atoms with Gasteiger partial charge in [0.15, 0.2) is 0 Å². The first-order chi connectivity index (χ1) is 7.49. The van der Waals surface area contributed by atoms with E-state index in [2.05, 4.69) is 5.32 Å². The SMILES string of the molecule is Cc1ccc(Cl)cc1NC(=O)CCC(C)N. The summed E-state index contributed by atoms with van der Waals surface area (Å²) in [5, 5.41) is 3.45. The van der Waals surface area contributed by atoms with Crippen LogP contribution in [0.15, 0.2) is 18.2 Å². The van der Waals surface area contributed by atoms with E-state index in [1.165, 1.54) is 0 Å². The molecule has 4 heteroatoms. The summed E-state index contributed by atoms with van der Waals surface area (Å²) in [6.45, 7) is 3.81. The van der Waals surface area contributed by atoms with Crippen molar-refractivity contribution >= 4 is 23.2 Å². The topological polar surface area (TPSA) is 55.1 Å². The second kappa shape index (κ2) is 5.87. The monoisotopic (exact) mass is 240 g/mol. The molecule has 1 amide bonds. The minimum Gasteiger partial charge on any atom is -0.328 e. The van der Waals surface area contributed by atoms with Crippen molar-refractivity contribution in [2.75, 3.05) is 5.32 Å². The van der Waals surface area contributed by atoms with Crippen LogP contribution in [0.1, 0.15) is 25.3 Å². The summed E-state index contributed by atoms with van der Waals surface area (Å²) in [5.41, 5.74) is 7.35. The highest BCUT2D eigenvalue weighted by Crippen LogP contribution is 2.20. The number of hydrogen-bond donors (Lipinski definition) is 2. The molecule has 0 aromatic heterocycles. The number of benzene rings is 1. The molecule has 88 valence electrons. The molecule has 0 radical (unpaired) electrons. The van der Waals surface area contributed by atoms with E-state index >= 15 is 0 Å². The zero-order valence-electron chi connectivity index (χ0n) is 9.59. The summed E-state index contributed by atoms with van der Waals surface area (Å²) in [7, 11) is 0. The molecule has 0 saturated carbocycles. The van der Waals surface area contributed by atoms with Crippen LogP contribution in [0.4, 0.5) is 5.69 Å². The Bertz CT molecular complexity index is 377. The highest BCUT2D eigenvalue weighted by atomic mass is 35.5. The number of aryl methyl sites for hydroxylation is 1. The molecule has 3 nitrogen and oxygen atoms in total. The minimum absolute atomic E-state index is 0.0253. The molecule has 1 unspecified atom stereocenters. The fraction of sp³-hybridized carbons (Fsp3) is 0.417. The Balaban J connectivity index is 2.59. The van der Waals surface area contributed by atoms with Crippen molar-refractivity contribution in [1.82, 2.24) is 0 Å². The van der Waals surface area contributed by atoms with Gasteiger partial charge in [0.25, 0.3) is 0 Å². The molecule has 16 heavy (non-hydrogen) atoms. The van der Waals surface area contributed by atoms with Crippen LogP contribution >= 0.6 is 11.6 Å². The predicted octanol–water partition coefficient (Wildman–Crippen LogP) is 2.71. The average Bonchev–Trinajstić information content (AvgIpc) is 2.20. The summed E-state index contributed by atoms with van der Waals surface area (Å²) >= 11 is 5.86. The Morgan fingerprint density at radius 3 is 2.88 bits per heavy atom. The van der Waals surface area contributed by atoms with Gasteiger partial charge in [0.1, 0.15) is 0 Å². The van der Waals surface area contributed by atoms with E-state index in [9.17, 15) is 4.79 Å². The molecule has 0 fully saturated rings. The van der Waals surface area contributed by atoms with Crippen molar-refractivity contribution in [2.24, 2.45) is 5.73 Å². The number of nitrogens with two attached hydrogens (primary N) is 1. The number of hydrogen-bond acceptors (Lipinski definition) is 2. The molecule has 1 rings (SSSR count). The molecule has 1 aromatic rings. The first kappa shape index (κ1) is 13.0. The third kappa shape index (κ3) is 4.21. The van der Waals surface area contributed by atoms with Crippen LogP contribution in [0, 0.1) is 6.92 Å². The third-order valence-electron chi connectivity index (χ3n) is 2.30. The van der Waals surface area contributed by atoms with Crippen molar-refractivity contribution in [3.8, 4) is 0 Å². The molecule has 0 bridgehead atoms. The average molecular weight is 241 g/mol. The largest absolute Gasteiger partial charge is 0.328 e. The van der Waals surface area contributed by atoms with Crippen molar-refractivity contribution < 1.29 is 4.79 Å². The Morgan fingerprint density at radius 1 is 1.56 bits per heavy atom. The maximum absolute atomic E-state index is 11.6. The Hall–Kier alpha value is -1.06. The second-order valence-electron chi connectivity index (χ2n) is 4.02. The van der Waals surface area contributed by atoms with Gasteiger partial charge in [-0.2, -0.15) is 0 Å². The van der Waals surface area contributed by atoms with Gasteiger partial charge in [-0.1, -0.05) is 17.7 Å². The van der Waals surface area contributed by atoms with Crippen LogP contribution in [-0.4, -0.2) is 11.9 Å². The van der Waals surface area contributed by atoms with Gasteiger partial charge in [0, 0.05) is 23.2 Å². The Kier molecular flexibility index (Phi) is 4.77. The van der Waals surface area contributed by atoms with Crippen molar-refractivity contribution in [1.29, 1.82) is 0 Å². The fourth-order valence-electron chi connectivity index (χ4n) is 1.30. The zero-order chi connectivity index (χ0) is 12.1. The predicted molar refractivity (Wildman–Crippen MR) is 67.7 cm³/mol. The summed E-state index contributed by atoms with van der Waals surface area (Å²) in [6, 6.07) is 5.48. The maximum atomic E-state index is 11.6. The molecule has 0 heterocycles. The fourth-order valence-corrected chi connectivity index (χ4v) is 1.47. The van der Waals surface area contributed by atoms with Gasteiger partial charge in [-0.3, -0.25) is 4.79 Å². The second-order valence-corrected chi connectivity index (χ2v) is 4.46. The maximum Gasteiger partial charge on any atom is 0.224 e. The van der Waals surface area contributed by atoms with Gasteiger partial charge in [-0.25, -0.2) is 0 Å². The molecule has 0 aliphatic rings. The molecule has 0 aliphatic carbocycles. The number of anilines is 1. The van der Waals surface area contributed by atoms with Gasteiger partial charge in [-0.05, 0) is 38.0 Å². The van der Waals surface area contributed by atoms with Gasteiger partial charge < -0.3 is 11.1 Å². The lowest BCUT2D eigenvalue weighted by Crippen LogP contribution is -2.19. The number of carbonyl (C=O) groups is 1. The molecular formula is C12H17ClN2O. The van der Waals surface area contributed by atoms with E-state index in [0.717, 1.165) is 11.3 Å². The van der Waals surface area contributed by atoms with E-state index in [1.807, 2.05) is 19.9 Å². The van der Waals surface area contributed by atoms with E-state index in [4.69, 9.17) is 17.3 Å². The normalized spacial score (nSPS) is 12.2. The summed E-state index contributed by atoms with van der Waals surface area (Å²) < 4.78 is 0. The molecule has 3 N–H and O–H groups in total. The lowest BCUT2D eigenvalue weighted by Gasteiger charge is -2.09. The summed E-state index contributed by atoms with van der Waals surface area (Å²) in [6.07, 6.45) is 1.12. The first-order valence-electron chi connectivity index (χ1n) is 5.30. The molecule has 0 aliphatic heterocycles. The van der Waals surface area contributed by atoms with Gasteiger partial charge in [-0.15, -0.1) is 0 Å². The molecular weight excluding hydrogens is 224 g/mol. The smallest absolute Gasteiger partial charge is 0.224 e. The molecule has 1 aromatic carbocycles. The van der Waals surface area contributed by atoms with Gasteiger partial charge >= 0.3 is 0 Å². The summed E-state index contributed by atoms with van der Waals surface area (Å²) in [4.78, 5) is 11.6. The number of halogens is 1. The number of rotatable bonds is 4. The first-order valence-corrected chi connectivity index (χ1v) is 5.68. The van der Waals surface area contributed by atoms with Crippen molar-refractivity contribution in [3.63, 3.8) is 0 Å². The molecule has 1 atom stereocenters. The van der Waals surface area contributed by atoms with Gasteiger partial charge in [0.05, 0.1) is 0 Å². The highest BCUT2D eigenvalue weighted by molar-refractivity contribution is 6.31. The summed E-state index contributed by atoms with van der Waals surface area (Å²) in [5.74, 6) is -0.0253. The van der Waals surface area contributed by atoms with Crippen LogP contribution in [-0.2, 0) is 4.79 Å². The van der Waals surface area contributed by atoms with E-state index < -0.39 is 0 Å². The van der Waals surface area contributed by atoms with E-state index in [-0.39, 0.29) is 11.9 Å². The number of amides is 1. The van der Waals surface area contributed by atoms with Crippen LogP contribution in [0.3, 0.4) is 0 Å². The third-order valence-corrected chi connectivity index (χ3v) is 2.54. The van der Waals surface area contributed by atoms with E-state index in [1.54, 1.807) is 12.1 Å². The van der Waals surface area contributed by atoms with Crippen LogP contribution in [0.5, 0.6) is 0 Å². The Morgan fingerprint density at radius 2 is 2.25 bits per heavy atom. The van der Waals surface area contributed by atoms with E-state index in [0.29, 0.717) is 17.9 Å². The lowest BCUT2D eigenvalue weighted by molar-refractivity contribution is -0.116. The quantitative estimate of drug-likeness (QED) is 0.850. The van der Waals surface area contributed by atoms with Crippen LogP contribution < -0.4 is 11.1 Å². The van der Waals surface area contributed by atoms with Crippen LogP contribution in [0.2, 0.25) is 5.02 Å². The van der Waals surface area contributed by atoms with Crippen molar-refractivity contribution in [2.45, 2.75) is 32.7 Å². The minimum atomic E-state index is -0.0253. The van der Waals surface area contributed by atoms with Crippen LogP contribution in [0.25, 0.3) is 0 Å². The van der Waals surface area contributed by atoms with Gasteiger partial charge in [0.2, 0.25) is 5.91 Å². The standard InChI is InChI=1S/C12H17ClN2O/c1-8-3-5-10(13)7-11(8)15-12(16)6-4-9(2)14/h3,5,7,9H,4,6,14H2,1-2H3,(H,15,16). The lowest BCUT2D eigenvalue weighted by atomic mass is 10.1. The Labute approximate surface area is 101 Å². The number of carbonyl (C=O) groups excluding carboxylic acids is 1.